The van der Waals surface area contributed by atoms with Gasteiger partial charge in [-0.25, -0.2) is 8.78 Å². The molecule has 0 aliphatic heterocycles. The molecule has 1 aromatic carbocycles. The molecule has 6 heteroatoms. The Labute approximate surface area is 105 Å². The monoisotopic (exact) mass is 257 g/mol. The van der Waals surface area contributed by atoms with Gasteiger partial charge in [-0.1, -0.05) is 0 Å². The summed E-state index contributed by atoms with van der Waals surface area (Å²) in [6.07, 6.45) is -2.33. The maximum Gasteiger partial charge on any atom is 0.251 e. The predicted octanol–water partition coefficient (Wildman–Crippen LogP) is 1.55. The highest BCUT2D eigenvalue weighted by Crippen LogP contribution is 2.11. The second-order valence-electron chi connectivity index (χ2n) is 3.94. The smallest absolute Gasteiger partial charge is 0.251 e. The highest BCUT2D eigenvalue weighted by molar-refractivity contribution is 5.94. The predicted molar refractivity (Wildman–Crippen MR) is 66.5 cm³/mol. The van der Waals surface area contributed by atoms with Crippen molar-refractivity contribution in [2.45, 2.75) is 6.43 Å². The third-order valence-electron chi connectivity index (χ3n) is 2.36. The van der Waals surface area contributed by atoms with E-state index in [1.54, 1.807) is 31.3 Å². The van der Waals surface area contributed by atoms with Gasteiger partial charge in [0.15, 0.2) is 0 Å². The molecule has 0 atom stereocenters. The number of nitrogen functional groups attached to an aromatic ring is 1. The lowest BCUT2D eigenvalue weighted by molar-refractivity contribution is 0.0935. The van der Waals surface area contributed by atoms with Crippen LogP contribution in [0.3, 0.4) is 0 Å². The lowest BCUT2D eigenvalue weighted by atomic mass is 10.2. The van der Waals surface area contributed by atoms with Crippen LogP contribution in [0, 0.1) is 5.41 Å². The van der Waals surface area contributed by atoms with Crippen LogP contribution >= 0.6 is 0 Å². The van der Waals surface area contributed by atoms with Crippen molar-refractivity contribution in [2.75, 3.05) is 26.7 Å². The second kappa shape index (κ2) is 6.90. The molecule has 0 unspecified atom stereocenters. The molecule has 100 valence electrons. The van der Waals surface area contributed by atoms with Crippen molar-refractivity contribution in [3.8, 4) is 5.75 Å². The van der Waals surface area contributed by atoms with Crippen LogP contribution in [-0.2, 0) is 0 Å². The highest BCUT2D eigenvalue weighted by atomic mass is 19.3. The summed E-state index contributed by atoms with van der Waals surface area (Å²) < 4.78 is 29.5. The Balaban J connectivity index is 2.33. The minimum atomic E-state index is -2.33. The Morgan fingerprint density at radius 1 is 1.39 bits per heavy atom. The number of nitrogens with one attached hydrogen (secondary N) is 1. The number of nitrogens with two attached hydrogens (primary N) is 1. The van der Waals surface area contributed by atoms with Gasteiger partial charge in [-0.05, 0) is 31.3 Å². The van der Waals surface area contributed by atoms with E-state index in [9.17, 15) is 8.78 Å². The van der Waals surface area contributed by atoms with E-state index in [1.807, 2.05) is 0 Å². The van der Waals surface area contributed by atoms with Gasteiger partial charge in [0, 0.05) is 12.1 Å². The summed E-state index contributed by atoms with van der Waals surface area (Å²) in [6, 6.07) is 6.76. The van der Waals surface area contributed by atoms with Gasteiger partial charge in [-0.3, -0.25) is 10.3 Å². The summed E-state index contributed by atoms with van der Waals surface area (Å²) in [5, 5.41) is 7.22. The largest absolute Gasteiger partial charge is 0.492 e. The van der Waals surface area contributed by atoms with Crippen molar-refractivity contribution in [1.29, 1.82) is 5.41 Å². The summed E-state index contributed by atoms with van der Waals surface area (Å²) in [6.45, 7) is 0.508. The first-order valence-electron chi connectivity index (χ1n) is 5.53. The zero-order chi connectivity index (χ0) is 13.5. The summed E-state index contributed by atoms with van der Waals surface area (Å²) >= 11 is 0. The molecule has 0 radical (unpaired) electrons. The Hall–Kier alpha value is -1.69. The Morgan fingerprint density at radius 2 is 2.00 bits per heavy atom. The van der Waals surface area contributed by atoms with Crippen LogP contribution in [0.4, 0.5) is 8.78 Å². The van der Waals surface area contributed by atoms with Gasteiger partial charge in [-0.15, -0.1) is 0 Å². The van der Waals surface area contributed by atoms with E-state index < -0.39 is 6.43 Å². The Bertz CT molecular complexity index is 381. The molecule has 18 heavy (non-hydrogen) atoms. The van der Waals surface area contributed by atoms with Gasteiger partial charge >= 0.3 is 0 Å². The van der Waals surface area contributed by atoms with E-state index in [2.05, 4.69) is 0 Å². The first-order valence-corrected chi connectivity index (χ1v) is 5.53. The van der Waals surface area contributed by atoms with E-state index in [0.29, 0.717) is 24.5 Å². The number of ether oxygens (including phenoxy) is 1. The molecule has 1 rings (SSSR count). The summed E-state index contributed by atoms with van der Waals surface area (Å²) in [5.41, 5.74) is 5.94. The molecule has 0 saturated heterocycles. The summed E-state index contributed by atoms with van der Waals surface area (Å²) in [4.78, 5) is 1.51. The maximum absolute atomic E-state index is 12.0. The van der Waals surface area contributed by atoms with Crippen LogP contribution < -0.4 is 10.5 Å². The van der Waals surface area contributed by atoms with Gasteiger partial charge in [-0.2, -0.15) is 0 Å². The SMILES string of the molecule is CN(CCOc1ccc(C(=N)N)cc1)CC(F)F. The number of rotatable bonds is 7. The topological polar surface area (TPSA) is 62.3 Å². The second-order valence-corrected chi connectivity index (χ2v) is 3.94. The van der Waals surface area contributed by atoms with E-state index in [-0.39, 0.29) is 12.4 Å². The molecule has 0 amide bonds. The average molecular weight is 257 g/mol. The van der Waals surface area contributed by atoms with Crippen LogP contribution in [0.25, 0.3) is 0 Å². The quantitative estimate of drug-likeness (QED) is 0.575. The molecule has 4 nitrogen and oxygen atoms in total. The molecule has 0 heterocycles. The number of hydrogen-bond acceptors (Lipinski definition) is 3. The van der Waals surface area contributed by atoms with E-state index in [0.717, 1.165) is 0 Å². The third kappa shape index (κ3) is 5.09. The maximum atomic E-state index is 12.0. The number of halogens is 2. The van der Waals surface area contributed by atoms with Gasteiger partial charge in [0.2, 0.25) is 0 Å². The standard InChI is InChI=1S/C12H17F2N3O/c1-17(8-11(13)14)6-7-18-10-4-2-9(3-5-10)12(15)16/h2-5,11H,6-8H2,1H3,(H3,15,16). The third-order valence-corrected chi connectivity index (χ3v) is 2.36. The Kier molecular flexibility index (Phi) is 5.51. The lowest BCUT2D eigenvalue weighted by Gasteiger charge is -2.16. The van der Waals surface area contributed by atoms with Crippen molar-refractivity contribution in [1.82, 2.24) is 4.90 Å². The number of likely N-dealkylation sites (N-methyl/N-ethyl adjacent to an activating group) is 1. The first-order chi connectivity index (χ1) is 8.49. The summed E-state index contributed by atoms with van der Waals surface area (Å²) in [5.74, 6) is 0.628. The van der Waals surface area contributed by atoms with Crippen molar-refractivity contribution in [3.63, 3.8) is 0 Å². The van der Waals surface area contributed by atoms with Crippen LogP contribution in [0.15, 0.2) is 24.3 Å². The van der Waals surface area contributed by atoms with Crippen LogP contribution in [0.1, 0.15) is 5.56 Å². The van der Waals surface area contributed by atoms with Gasteiger partial charge in [0.05, 0.1) is 6.54 Å². The van der Waals surface area contributed by atoms with Crippen molar-refractivity contribution in [3.05, 3.63) is 29.8 Å². The fraction of sp³-hybridized carbons (Fsp3) is 0.417. The molecular formula is C12H17F2N3O. The van der Waals surface area contributed by atoms with Crippen LogP contribution in [-0.4, -0.2) is 43.9 Å². The average Bonchev–Trinajstić information content (AvgIpc) is 2.28. The normalized spacial score (nSPS) is 10.9. The lowest BCUT2D eigenvalue weighted by Crippen LogP contribution is -2.28. The minimum Gasteiger partial charge on any atom is -0.492 e. The molecule has 0 fully saturated rings. The Morgan fingerprint density at radius 3 is 2.50 bits per heavy atom. The van der Waals surface area contributed by atoms with Crippen LogP contribution in [0.2, 0.25) is 0 Å². The molecule has 0 spiro atoms. The zero-order valence-electron chi connectivity index (χ0n) is 10.2. The summed E-state index contributed by atoms with van der Waals surface area (Å²) in [7, 11) is 1.62. The van der Waals surface area contributed by atoms with E-state index >= 15 is 0 Å². The fourth-order valence-electron chi connectivity index (χ4n) is 1.38. The van der Waals surface area contributed by atoms with Gasteiger partial charge in [0.25, 0.3) is 6.43 Å². The molecule has 3 N–H and O–H groups in total. The van der Waals surface area contributed by atoms with Crippen molar-refractivity contribution < 1.29 is 13.5 Å². The number of hydrogen-bond donors (Lipinski definition) is 2. The number of benzene rings is 1. The fourth-order valence-corrected chi connectivity index (χ4v) is 1.38. The number of alkyl halides is 2. The van der Waals surface area contributed by atoms with Gasteiger partial charge in [0.1, 0.15) is 18.2 Å². The number of amidine groups is 1. The van der Waals surface area contributed by atoms with E-state index in [4.69, 9.17) is 15.9 Å². The molecule has 0 aliphatic rings. The number of nitrogens with zero attached hydrogens (tertiary/aromatic N) is 1. The molecule has 0 aliphatic carbocycles. The van der Waals surface area contributed by atoms with Crippen molar-refractivity contribution >= 4 is 5.84 Å². The minimum absolute atomic E-state index is 0.00165. The van der Waals surface area contributed by atoms with Crippen molar-refractivity contribution in [2.24, 2.45) is 5.73 Å². The molecule has 0 saturated carbocycles. The molecule has 0 aromatic heterocycles. The molecular weight excluding hydrogens is 240 g/mol. The van der Waals surface area contributed by atoms with Gasteiger partial charge < -0.3 is 10.5 Å². The zero-order valence-corrected chi connectivity index (χ0v) is 10.2. The van der Waals surface area contributed by atoms with Crippen LogP contribution in [0.5, 0.6) is 5.75 Å². The van der Waals surface area contributed by atoms with E-state index in [1.165, 1.54) is 4.90 Å². The first kappa shape index (κ1) is 14.4. The highest BCUT2D eigenvalue weighted by Gasteiger charge is 2.07. The molecule has 0 bridgehead atoms. The molecule has 1 aromatic rings.